The maximum Gasteiger partial charge on any atom is 0.122 e. The lowest BCUT2D eigenvalue weighted by Gasteiger charge is -2.10. The van der Waals surface area contributed by atoms with Gasteiger partial charge < -0.3 is 10.1 Å². The van der Waals surface area contributed by atoms with E-state index in [0.717, 1.165) is 31.7 Å². The molecule has 2 nitrogen and oxygen atoms in total. The summed E-state index contributed by atoms with van der Waals surface area (Å²) in [6.45, 7) is 4.08. The number of fused-ring (bicyclic) bond motifs is 1. The van der Waals surface area contributed by atoms with Crippen molar-refractivity contribution < 1.29 is 4.74 Å². The fraction of sp³-hybridized carbons (Fsp3) is 0.500. The van der Waals surface area contributed by atoms with Gasteiger partial charge in [-0.1, -0.05) is 6.07 Å². The summed E-state index contributed by atoms with van der Waals surface area (Å²) in [6.07, 6.45) is 2.19. The minimum Gasteiger partial charge on any atom is -0.493 e. The normalized spacial score (nSPS) is 13.9. The molecular formula is C12H17NO. The molecule has 0 amide bonds. The molecule has 0 radical (unpaired) electrons. The van der Waals surface area contributed by atoms with Crippen molar-refractivity contribution >= 4 is 0 Å². The lowest BCUT2D eigenvalue weighted by molar-refractivity contribution is 0.357. The second-order valence-electron chi connectivity index (χ2n) is 3.79. The third-order valence-corrected chi connectivity index (χ3v) is 2.86. The fourth-order valence-corrected chi connectivity index (χ4v) is 2.06. The number of likely N-dealkylation sites (N-methyl/N-ethyl adjacent to an activating group) is 1. The molecule has 0 atom stereocenters. The summed E-state index contributed by atoms with van der Waals surface area (Å²) in [4.78, 5) is 0. The average molecular weight is 191 g/mol. The number of aryl methyl sites for hydroxylation is 1. The molecular weight excluding hydrogens is 174 g/mol. The van der Waals surface area contributed by atoms with E-state index in [4.69, 9.17) is 4.74 Å². The SMILES string of the molecule is CNCCc1c(C)ccc2c1CCO2. The van der Waals surface area contributed by atoms with Crippen LogP contribution in [-0.2, 0) is 12.8 Å². The van der Waals surface area contributed by atoms with Crippen molar-refractivity contribution in [2.45, 2.75) is 19.8 Å². The molecule has 1 N–H and O–H groups in total. The van der Waals surface area contributed by atoms with Crippen molar-refractivity contribution in [3.8, 4) is 5.75 Å². The van der Waals surface area contributed by atoms with E-state index >= 15 is 0 Å². The standard InChI is InChI=1S/C12H17NO/c1-9-3-4-12-11(6-8-14-12)10(9)5-7-13-2/h3-4,13H,5-8H2,1-2H3. The van der Waals surface area contributed by atoms with Crippen LogP contribution in [0.25, 0.3) is 0 Å². The van der Waals surface area contributed by atoms with Gasteiger partial charge in [-0.15, -0.1) is 0 Å². The zero-order valence-corrected chi connectivity index (χ0v) is 8.89. The Kier molecular flexibility index (Phi) is 2.73. The molecule has 14 heavy (non-hydrogen) atoms. The maximum atomic E-state index is 5.55. The summed E-state index contributed by atoms with van der Waals surface area (Å²) in [5, 5.41) is 3.19. The predicted octanol–water partition coefficient (Wildman–Crippen LogP) is 1.69. The van der Waals surface area contributed by atoms with Crippen LogP contribution in [0.4, 0.5) is 0 Å². The van der Waals surface area contributed by atoms with Gasteiger partial charge in [0, 0.05) is 12.0 Å². The minimum atomic E-state index is 0.853. The van der Waals surface area contributed by atoms with Gasteiger partial charge >= 0.3 is 0 Å². The quantitative estimate of drug-likeness (QED) is 0.785. The number of hydrogen-bond donors (Lipinski definition) is 1. The Hall–Kier alpha value is -1.02. The Morgan fingerprint density at radius 2 is 2.29 bits per heavy atom. The van der Waals surface area contributed by atoms with Gasteiger partial charge in [-0.05, 0) is 44.1 Å². The van der Waals surface area contributed by atoms with Crippen molar-refractivity contribution in [3.63, 3.8) is 0 Å². The summed E-state index contributed by atoms with van der Waals surface area (Å²) in [5.74, 6) is 1.10. The Labute approximate surface area is 85.3 Å². The number of rotatable bonds is 3. The predicted molar refractivity (Wildman–Crippen MR) is 58.0 cm³/mol. The van der Waals surface area contributed by atoms with Crippen molar-refractivity contribution in [2.75, 3.05) is 20.2 Å². The molecule has 0 saturated heterocycles. The fourth-order valence-electron chi connectivity index (χ4n) is 2.06. The molecule has 76 valence electrons. The Bertz CT molecular complexity index is 333. The summed E-state index contributed by atoms with van der Waals surface area (Å²) in [6, 6.07) is 4.26. The molecule has 1 aromatic rings. The van der Waals surface area contributed by atoms with Gasteiger partial charge in [0.15, 0.2) is 0 Å². The van der Waals surface area contributed by atoms with Gasteiger partial charge in [-0.25, -0.2) is 0 Å². The number of ether oxygens (including phenoxy) is 1. The highest BCUT2D eigenvalue weighted by Crippen LogP contribution is 2.30. The number of hydrogen-bond acceptors (Lipinski definition) is 2. The molecule has 1 aromatic carbocycles. The van der Waals surface area contributed by atoms with Crippen LogP contribution in [-0.4, -0.2) is 20.2 Å². The zero-order valence-electron chi connectivity index (χ0n) is 8.89. The number of benzene rings is 1. The van der Waals surface area contributed by atoms with Gasteiger partial charge in [0.05, 0.1) is 6.61 Å². The zero-order chi connectivity index (χ0) is 9.97. The molecule has 0 aromatic heterocycles. The van der Waals surface area contributed by atoms with E-state index in [2.05, 4.69) is 24.4 Å². The minimum absolute atomic E-state index is 0.853. The van der Waals surface area contributed by atoms with Crippen LogP contribution in [0.3, 0.4) is 0 Å². The van der Waals surface area contributed by atoms with E-state index < -0.39 is 0 Å². The van der Waals surface area contributed by atoms with Crippen LogP contribution in [0.5, 0.6) is 5.75 Å². The first-order valence-corrected chi connectivity index (χ1v) is 5.21. The third-order valence-electron chi connectivity index (χ3n) is 2.86. The largest absolute Gasteiger partial charge is 0.493 e. The van der Waals surface area contributed by atoms with Crippen molar-refractivity contribution in [1.82, 2.24) is 5.32 Å². The first kappa shape index (κ1) is 9.53. The lowest BCUT2D eigenvalue weighted by Crippen LogP contribution is -2.12. The molecule has 2 heteroatoms. The topological polar surface area (TPSA) is 21.3 Å². The third kappa shape index (κ3) is 1.62. The van der Waals surface area contributed by atoms with E-state index in [1.165, 1.54) is 16.7 Å². The summed E-state index contributed by atoms with van der Waals surface area (Å²) in [5.41, 5.74) is 4.30. The summed E-state index contributed by atoms with van der Waals surface area (Å²) >= 11 is 0. The Morgan fingerprint density at radius 1 is 1.43 bits per heavy atom. The highest BCUT2D eigenvalue weighted by atomic mass is 16.5. The molecule has 1 heterocycles. The average Bonchev–Trinajstić information content (AvgIpc) is 2.64. The van der Waals surface area contributed by atoms with Crippen LogP contribution >= 0.6 is 0 Å². The lowest BCUT2D eigenvalue weighted by atomic mass is 9.97. The smallest absolute Gasteiger partial charge is 0.122 e. The molecule has 0 bridgehead atoms. The second-order valence-corrected chi connectivity index (χ2v) is 3.79. The highest BCUT2D eigenvalue weighted by molar-refractivity contribution is 5.47. The van der Waals surface area contributed by atoms with Gasteiger partial charge in [-0.2, -0.15) is 0 Å². The molecule has 0 aliphatic carbocycles. The summed E-state index contributed by atoms with van der Waals surface area (Å²) < 4.78 is 5.55. The summed E-state index contributed by atoms with van der Waals surface area (Å²) in [7, 11) is 2.00. The first-order valence-electron chi connectivity index (χ1n) is 5.21. The highest BCUT2D eigenvalue weighted by Gasteiger charge is 2.16. The number of nitrogens with one attached hydrogen (secondary N) is 1. The molecule has 0 fully saturated rings. The van der Waals surface area contributed by atoms with Crippen LogP contribution in [0.2, 0.25) is 0 Å². The van der Waals surface area contributed by atoms with Crippen LogP contribution in [0, 0.1) is 6.92 Å². The van der Waals surface area contributed by atoms with Crippen molar-refractivity contribution in [2.24, 2.45) is 0 Å². The Balaban J connectivity index is 2.31. The van der Waals surface area contributed by atoms with E-state index in [-0.39, 0.29) is 0 Å². The molecule has 2 rings (SSSR count). The van der Waals surface area contributed by atoms with Crippen molar-refractivity contribution in [1.29, 1.82) is 0 Å². The molecule has 0 saturated carbocycles. The molecule has 1 aliphatic heterocycles. The van der Waals surface area contributed by atoms with E-state index in [1.807, 2.05) is 7.05 Å². The Morgan fingerprint density at radius 3 is 3.07 bits per heavy atom. The van der Waals surface area contributed by atoms with Gasteiger partial charge in [0.1, 0.15) is 5.75 Å². The van der Waals surface area contributed by atoms with E-state index in [0.29, 0.717) is 0 Å². The van der Waals surface area contributed by atoms with Gasteiger partial charge in [0.2, 0.25) is 0 Å². The van der Waals surface area contributed by atoms with Gasteiger partial charge in [-0.3, -0.25) is 0 Å². The van der Waals surface area contributed by atoms with E-state index in [9.17, 15) is 0 Å². The maximum absolute atomic E-state index is 5.55. The van der Waals surface area contributed by atoms with Crippen molar-refractivity contribution in [3.05, 3.63) is 28.8 Å². The molecule has 1 aliphatic rings. The first-order chi connectivity index (χ1) is 6.83. The van der Waals surface area contributed by atoms with Crippen LogP contribution in [0.1, 0.15) is 16.7 Å². The molecule has 0 spiro atoms. The van der Waals surface area contributed by atoms with Crippen LogP contribution < -0.4 is 10.1 Å². The van der Waals surface area contributed by atoms with Crippen LogP contribution in [0.15, 0.2) is 12.1 Å². The van der Waals surface area contributed by atoms with E-state index in [1.54, 1.807) is 0 Å². The van der Waals surface area contributed by atoms with Gasteiger partial charge in [0.25, 0.3) is 0 Å². The monoisotopic (exact) mass is 191 g/mol. The second kappa shape index (κ2) is 4.01. The molecule has 0 unspecified atom stereocenters.